The number of hydrogen-bond acceptors (Lipinski definition) is 7. The fraction of sp³-hybridized carbons (Fsp3) is 0.500. The molecule has 2 heterocycles. The molecule has 0 saturated carbocycles. The summed E-state index contributed by atoms with van der Waals surface area (Å²) in [5.74, 6) is 0. The number of H-pyrrole nitrogens is 1. The molecule has 0 spiro atoms. The number of nitrogens with zero attached hydrogens (tertiary/aromatic N) is 1. The molecule has 2 aromatic carbocycles. The lowest BCUT2D eigenvalue weighted by molar-refractivity contribution is 0.0194. The summed E-state index contributed by atoms with van der Waals surface area (Å²) in [6, 6.07) is 12.0. The van der Waals surface area contributed by atoms with Crippen LogP contribution in [0.5, 0.6) is 0 Å². The first-order valence-corrected chi connectivity index (χ1v) is 12.1. The van der Waals surface area contributed by atoms with E-state index in [2.05, 4.69) is 15.2 Å². The van der Waals surface area contributed by atoms with Gasteiger partial charge in [-0.1, -0.05) is 30.3 Å². The van der Waals surface area contributed by atoms with Gasteiger partial charge in [-0.3, -0.25) is 9.69 Å². The Balaban J connectivity index is 1.44. The van der Waals surface area contributed by atoms with Gasteiger partial charge in [0.05, 0.1) is 63.8 Å². The number of fused-ring (bicyclic) bond motifs is 3. The average molecular weight is 470 g/mol. The molecule has 0 unspecified atom stereocenters. The zero-order valence-electron chi connectivity index (χ0n) is 19.7. The summed E-state index contributed by atoms with van der Waals surface area (Å²) < 4.78 is 22.7. The van der Waals surface area contributed by atoms with Crippen LogP contribution in [0.4, 0.5) is 0 Å². The molecule has 2 N–H and O–H groups in total. The van der Waals surface area contributed by atoms with Gasteiger partial charge in [0.2, 0.25) is 0 Å². The van der Waals surface area contributed by atoms with Gasteiger partial charge in [0.25, 0.3) is 0 Å². The zero-order valence-corrected chi connectivity index (χ0v) is 19.7. The van der Waals surface area contributed by atoms with Crippen LogP contribution in [-0.4, -0.2) is 88.9 Å². The molecule has 0 radical (unpaired) electrons. The van der Waals surface area contributed by atoms with Crippen molar-refractivity contribution < 1.29 is 18.9 Å². The molecule has 0 aliphatic carbocycles. The Hall–Kier alpha value is -2.33. The van der Waals surface area contributed by atoms with E-state index in [4.69, 9.17) is 18.9 Å². The molecule has 3 aromatic rings. The standard InChI is InChI=1S/C26H35N3O5/c30-26-23(6-4-21-3-5-22-2-1-7-28-25(22)24(21)26)20-29-10-14-33-18-16-31-12-8-27-9-13-32-17-19-34-15-11-29/h1-7,27-28H,8-20H2. The van der Waals surface area contributed by atoms with Crippen molar-refractivity contribution in [1.29, 1.82) is 0 Å². The van der Waals surface area contributed by atoms with E-state index in [0.29, 0.717) is 72.5 Å². The van der Waals surface area contributed by atoms with Crippen LogP contribution in [0.15, 0.2) is 47.4 Å². The monoisotopic (exact) mass is 469 g/mol. The molecular formula is C26H35N3O5. The van der Waals surface area contributed by atoms with E-state index in [0.717, 1.165) is 40.3 Å². The molecule has 8 nitrogen and oxygen atoms in total. The minimum atomic E-state index is 0.0715. The predicted molar refractivity (Wildman–Crippen MR) is 133 cm³/mol. The smallest absolute Gasteiger partial charge is 0.193 e. The van der Waals surface area contributed by atoms with Gasteiger partial charge in [0, 0.05) is 44.5 Å². The van der Waals surface area contributed by atoms with Crippen molar-refractivity contribution in [1.82, 2.24) is 15.2 Å². The fourth-order valence-electron chi connectivity index (χ4n) is 4.10. The Labute approximate surface area is 200 Å². The molecule has 4 rings (SSSR count). The molecular weight excluding hydrogens is 434 g/mol. The number of aromatic nitrogens is 1. The average Bonchev–Trinajstić information content (AvgIpc) is 2.86. The molecule has 1 aromatic heterocycles. The summed E-state index contributed by atoms with van der Waals surface area (Å²) in [5.41, 5.74) is 1.73. The number of pyridine rings is 1. The topological polar surface area (TPSA) is 85.1 Å². The van der Waals surface area contributed by atoms with E-state index >= 15 is 0 Å². The van der Waals surface area contributed by atoms with Gasteiger partial charge in [-0.25, -0.2) is 0 Å². The first kappa shape index (κ1) is 24.8. The summed E-state index contributed by atoms with van der Waals surface area (Å²) in [4.78, 5) is 18.9. The minimum Gasteiger partial charge on any atom is -0.378 e. The molecule has 34 heavy (non-hydrogen) atoms. The maximum atomic E-state index is 13.5. The molecule has 1 fully saturated rings. The molecule has 0 bridgehead atoms. The number of ether oxygens (including phenoxy) is 4. The summed E-state index contributed by atoms with van der Waals surface area (Å²) in [5, 5.41) is 6.00. The van der Waals surface area contributed by atoms with Crippen molar-refractivity contribution in [2.45, 2.75) is 6.54 Å². The van der Waals surface area contributed by atoms with Crippen molar-refractivity contribution in [2.75, 3.05) is 79.0 Å². The first-order chi connectivity index (χ1) is 16.8. The SMILES string of the molecule is O=c1c(CN2CCOCCOCCNCCOCCOCC2)ccc2ccc3ccc[nH]c3c12. The van der Waals surface area contributed by atoms with Crippen LogP contribution < -0.4 is 10.7 Å². The van der Waals surface area contributed by atoms with Gasteiger partial charge in [0.1, 0.15) is 0 Å². The highest BCUT2D eigenvalue weighted by molar-refractivity contribution is 6.05. The predicted octanol–water partition coefficient (Wildman–Crippen LogP) is 2.15. The van der Waals surface area contributed by atoms with Crippen molar-refractivity contribution >= 4 is 21.7 Å². The van der Waals surface area contributed by atoms with Crippen molar-refractivity contribution in [3.63, 3.8) is 0 Å². The zero-order chi connectivity index (χ0) is 23.4. The number of benzene rings is 2. The largest absolute Gasteiger partial charge is 0.378 e. The fourth-order valence-corrected chi connectivity index (χ4v) is 4.10. The summed E-state index contributed by atoms with van der Waals surface area (Å²) in [7, 11) is 0. The van der Waals surface area contributed by atoms with Gasteiger partial charge in [-0.15, -0.1) is 0 Å². The summed E-state index contributed by atoms with van der Waals surface area (Å²) in [6.45, 7) is 8.25. The van der Waals surface area contributed by atoms with Crippen molar-refractivity contribution in [3.05, 3.63) is 58.4 Å². The highest BCUT2D eigenvalue weighted by atomic mass is 16.5. The molecule has 1 aliphatic heterocycles. The number of hydrogen-bond donors (Lipinski definition) is 2. The van der Waals surface area contributed by atoms with Crippen molar-refractivity contribution in [2.24, 2.45) is 0 Å². The van der Waals surface area contributed by atoms with Crippen LogP contribution in [-0.2, 0) is 25.5 Å². The summed E-state index contributed by atoms with van der Waals surface area (Å²) in [6.07, 6.45) is 1.86. The lowest BCUT2D eigenvalue weighted by Gasteiger charge is -2.22. The third-order valence-corrected chi connectivity index (χ3v) is 5.94. The maximum absolute atomic E-state index is 13.5. The number of aromatic amines is 1. The molecule has 8 heteroatoms. The molecule has 1 aliphatic rings. The Bertz CT molecular complexity index is 1070. The highest BCUT2D eigenvalue weighted by Gasteiger charge is 2.13. The van der Waals surface area contributed by atoms with Crippen LogP contribution in [0, 0.1) is 0 Å². The van der Waals surface area contributed by atoms with E-state index in [-0.39, 0.29) is 5.43 Å². The molecule has 184 valence electrons. The third-order valence-electron chi connectivity index (χ3n) is 5.94. The van der Waals surface area contributed by atoms with Crippen LogP contribution in [0.1, 0.15) is 5.56 Å². The van der Waals surface area contributed by atoms with E-state index in [9.17, 15) is 4.79 Å². The Morgan fingerprint density at radius 2 is 1.35 bits per heavy atom. The lowest BCUT2D eigenvalue weighted by Crippen LogP contribution is -2.33. The maximum Gasteiger partial charge on any atom is 0.193 e. The van der Waals surface area contributed by atoms with Crippen LogP contribution >= 0.6 is 0 Å². The van der Waals surface area contributed by atoms with E-state index < -0.39 is 0 Å². The Kier molecular flexibility index (Phi) is 9.86. The quantitative estimate of drug-likeness (QED) is 0.557. The second kappa shape index (κ2) is 13.5. The van der Waals surface area contributed by atoms with E-state index in [1.165, 1.54) is 0 Å². The Morgan fingerprint density at radius 1 is 0.735 bits per heavy atom. The molecule has 0 atom stereocenters. The highest BCUT2D eigenvalue weighted by Crippen LogP contribution is 2.21. The van der Waals surface area contributed by atoms with Gasteiger partial charge in [-0.2, -0.15) is 0 Å². The van der Waals surface area contributed by atoms with Crippen LogP contribution in [0.2, 0.25) is 0 Å². The van der Waals surface area contributed by atoms with Crippen LogP contribution in [0.3, 0.4) is 0 Å². The normalized spacial score (nSPS) is 19.1. The van der Waals surface area contributed by atoms with Gasteiger partial charge >= 0.3 is 0 Å². The Morgan fingerprint density at radius 3 is 2.06 bits per heavy atom. The van der Waals surface area contributed by atoms with E-state index in [1.54, 1.807) is 0 Å². The van der Waals surface area contributed by atoms with Gasteiger partial charge < -0.3 is 29.2 Å². The second-order valence-electron chi connectivity index (χ2n) is 8.33. The second-order valence-corrected chi connectivity index (χ2v) is 8.33. The van der Waals surface area contributed by atoms with Gasteiger partial charge in [0.15, 0.2) is 5.43 Å². The number of nitrogens with one attached hydrogen (secondary N) is 2. The molecule has 0 amide bonds. The summed E-state index contributed by atoms with van der Waals surface area (Å²) >= 11 is 0. The third kappa shape index (κ3) is 7.09. The molecule has 1 saturated heterocycles. The first-order valence-electron chi connectivity index (χ1n) is 12.1. The van der Waals surface area contributed by atoms with Crippen LogP contribution in [0.25, 0.3) is 21.7 Å². The minimum absolute atomic E-state index is 0.0715. The van der Waals surface area contributed by atoms with E-state index in [1.807, 2.05) is 42.6 Å². The van der Waals surface area contributed by atoms with Gasteiger partial charge in [-0.05, 0) is 16.8 Å². The lowest BCUT2D eigenvalue weighted by atomic mass is 10.0. The number of rotatable bonds is 2. The van der Waals surface area contributed by atoms with Crippen molar-refractivity contribution in [3.8, 4) is 0 Å².